The fourth-order valence-electron chi connectivity index (χ4n) is 7.80. The first kappa shape index (κ1) is 29.3. The van der Waals surface area contributed by atoms with Crippen molar-refractivity contribution in [3.8, 4) is 17.3 Å². The monoisotopic (exact) mass is 632 g/mol. The average Bonchev–Trinajstić information content (AvgIpc) is 3.66. The van der Waals surface area contributed by atoms with Crippen molar-refractivity contribution in [2.45, 2.75) is 62.4 Å². The number of hydrogen-bond donors (Lipinski definition) is 2. The molecule has 0 unspecified atom stereocenters. The van der Waals surface area contributed by atoms with E-state index >= 15 is 0 Å². The van der Waals surface area contributed by atoms with Gasteiger partial charge in [0.05, 0.1) is 43.1 Å². The van der Waals surface area contributed by atoms with Gasteiger partial charge in [-0.15, -0.1) is 0 Å². The summed E-state index contributed by atoms with van der Waals surface area (Å²) >= 11 is 0. The van der Waals surface area contributed by atoms with Crippen LogP contribution in [0.3, 0.4) is 0 Å². The molecule has 1 saturated carbocycles. The second-order valence-electron chi connectivity index (χ2n) is 13.6. The van der Waals surface area contributed by atoms with Crippen molar-refractivity contribution in [2.75, 3.05) is 44.7 Å². The van der Waals surface area contributed by atoms with Crippen LogP contribution < -0.4 is 5.32 Å². The summed E-state index contributed by atoms with van der Waals surface area (Å²) in [5.41, 5.74) is 2.05. The Bertz CT molecular complexity index is 1770. The van der Waals surface area contributed by atoms with Crippen molar-refractivity contribution in [1.29, 1.82) is 5.26 Å². The zero-order chi connectivity index (χ0) is 31.5. The molecule has 7 heterocycles. The Labute approximate surface area is 263 Å². The first-order chi connectivity index (χ1) is 22.2. The summed E-state index contributed by atoms with van der Waals surface area (Å²) in [6.07, 6.45) is 6.23. The molecule has 11 nitrogen and oxygen atoms in total. The van der Waals surface area contributed by atoms with E-state index in [9.17, 15) is 18.4 Å². The second kappa shape index (κ2) is 11.0. The normalized spacial score (nSPS) is 25.1. The van der Waals surface area contributed by atoms with E-state index in [1.54, 1.807) is 12.3 Å². The van der Waals surface area contributed by atoms with Gasteiger partial charge in [-0.3, -0.25) is 9.58 Å². The lowest BCUT2D eigenvalue weighted by Gasteiger charge is -2.55. The summed E-state index contributed by atoms with van der Waals surface area (Å²) in [6.45, 7) is 5.32. The van der Waals surface area contributed by atoms with E-state index in [2.05, 4.69) is 46.2 Å². The van der Waals surface area contributed by atoms with Gasteiger partial charge < -0.3 is 19.9 Å². The summed E-state index contributed by atoms with van der Waals surface area (Å²) in [5.74, 6) is 0.289. The van der Waals surface area contributed by atoms with Crippen LogP contribution in [0, 0.1) is 16.7 Å². The van der Waals surface area contributed by atoms with Crippen molar-refractivity contribution in [3.63, 3.8) is 0 Å². The molecule has 0 radical (unpaired) electrons. The summed E-state index contributed by atoms with van der Waals surface area (Å²) in [4.78, 5) is 20.4. The highest BCUT2D eigenvalue weighted by atomic mass is 19.4. The van der Waals surface area contributed by atoms with Gasteiger partial charge in [0.15, 0.2) is 0 Å². The van der Waals surface area contributed by atoms with E-state index in [1.807, 2.05) is 23.1 Å². The van der Waals surface area contributed by atoms with Gasteiger partial charge >= 0.3 is 6.18 Å². The van der Waals surface area contributed by atoms with Crippen molar-refractivity contribution < 1.29 is 17.9 Å². The number of nitriles is 1. The number of hydrogen-bond acceptors (Lipinski definition) is 9. The Balaban J connectivity index is 0.893. The molecule has 14 heteroatoms. The predicted molar refractivity (Wildman–Crippen MR) is 162 cm³/mol. The molecule has 8 rings (SSSR count). The number of pyridine rings is 1. The standard InChI is InChI=1S/C32H35F3N10O/c33-32(34,35)26-9-21(14-43-16-30(17-43)18-46-19-30)10-27(42-26)41-23-2-7-44(8-3-23)24-11-31(12-24,4-5-36)45-15-22(13-40-45)28-25-1-6-37-29(25)39-20-38-28/h1,6,9-10,13,15,20,23-24H,2-4,7-8,11-12,14,16-19H2,(H,41,42)(H,37,38,39)/t24-,31+. The molecule has 3 aliphatic heterocycles. The fourth-order valence-corrected chi connectivity index (χ4v) is 7.80. The molecule has 240 valence electrons. The van der Waals surface area contributed by atoms with Crippen LogP contribution in [0.4, 0.5) is 19.0 Å². The number of likely N-dealkylation sites (tertiary alicyclic amines) is 2. The van der Waals surface area contributed by atoms with Gasteiger partial charge in [0, 0.05) is 73.6 Å². The Morgan fingerprint density at radius 1 is 1.13 bits per heavy atom. The highest BCUT2D eigenvalue weighted by Gasteiger charge is 2.50. The van der Waals surface area contributed by atoms with Crippen LogP contribution in [0.25, 0.3) is 22.3 Å². The largest absolute Gasteiger partial charge is 0.433 e. The minimum absolute atomic E-state index is 0.0373. The van der Waals surface area contributed by atoms with Crippen LogP contribution in [0.5, 0.6) is 0 Å². The summed E-state index contributed by atoms with van der Waals surface area (Å²) in [7, 11) is 0. The molecule has 4 aromatic heterocycles. The Morgan fingerprint density at radius 2 is 1.93 bits per heavy atom. The number of H-pyrrole nitrogens is 1. The molecule has 4 aromatic rings. The zero-order valence-corrected chi connectivity index (χ0v) is 25.3. The maximum Gasteiger partial charge on any atom is 0.433 e. The Hall–Kier alpha value is -4.06. The van der Waals surface area contributed by atoms with Crippen molar-refractivity contribution in [3.05, 3.63) is 54.4 Å². The molecule has 46 heavy (non-hydrogen) atoms. The van der Waals surface area contributed by atoms with Gasteiger partial charge in [0.25, 0.3) is 0 Å². The molecule has 0 atom stereocenters. The second-order valence-corrected chi connectivity index (χ2v) is 13.6. The number of halogens is 3. The van der Waals surface area contributed by atoms with Gasteiger partial charge in [0.2, 0.25) is 0 Å². The maximum atomic E-state index is 13.7. The third kappa shape index (κ3) is 5.30. The van der Waals surface area contributed by atoms with Crippen LogP contribution in [0.1, 0.15) is 43.4 Å². The topological polar surface area (TPSA) is 124 Å². The van der Waals surface area contributed by atoms with Crippen LogP contribution in [0.2, 0.25) is 0 Å². The molecule has 0 bridgehead atoms. The highest BCUT2D eigenvalue weighted by Crippen LogP contribution is 2.46. The minimum atomic E-state index is -4.51. The van der Waals surface area contributed by atoms with Crippen molar-refractivity contribution >= 4 is 16.9 Å². The number of piperidine rings is 1. The number of rotatable bonds is 8. The number of nitrogens with zero attached hydrogens (tertiary/aromatic N) is 8. The highest BCUT2D eigenvalue weighted by molar-refractivity contribution is 5.90. The predicted octanol–water partition coefficient (Wildman–Crippen LogP) is 4.42. The molecule has 0 aromatic carbocycles. The lowest BCUT2D eigenvalue weighted by Crippen LogP contribution is -2.65. The number of fused-ring (bicyclic) bond motifs is 1. The van der Waals surface area contributed by atoms with E-state index in [-0.39, 0.29) is 22.8 Å². The van der Waals surface area contributed by atoms with Gasteiger partial charge in [-0.05, 0) is 49.4 Å². The quantitative estimate of drug-likeness (QED) is 0.291. The smallest absolute Gasteiger partial charge is 0.380 e. The maximum absolute atomic E-state index is 13.7. The minimum Gasteiger partial charge on any atom is -0.380 e. The molecule has 1 aliphatic carbocycles. The fraction of sp³-hybridized carbons (Fsp3) is 0.531. The SMILES string of the molecule is N#CC[C@]1(n2cc(-c3ncnc4[nH]ccc34)cn2)C[C@@H](N2CCC(Nc3cc(CN4CC5(COC5)C4)cc(C(F)(F)F)n3)CC2)C1. The van der Waals surface area contributed by atoms with Crippen LogP contribution in [-0.2, 0) is 23.0 Å². The first-order valence-electron chi connectivity index (χ1n) is 15.8. The van der Waals surface area contributed by atoms with E-state index in [4.69, 9.17) is 4.74 Å². The van der Waals surface area contributed by atoms with Crippen molar-refractivity contribution in [1.82, 2.24) is 39.5 Å². The lowest BCUT2D eigenvalue weighted by molar-refractivity contribution is -0.191. The van der Waals surface area contributed by atoms with Crippen molar-refractivity contribution in [2.24, 2.45) is 5.41 Å². The molecule has 2 N–H and O–H groups in total. The molecule has 0 amide bonds. The van der Waals surface area contributed by atoms with E-state index < -0.39 is 11.9 Å². The number of nitrogens with one attached hydrogen (secondary N) is 2. The number of alkyl halides is 3. The van der Waals surface area contributed by atoms with Gasteiger partial charge in [-0.2, -0.15) is 23.5 Å². The molecular weight excluding hydrogens is 597 g/mol. The number of anilines is 1. The van der Waals surface area contributed by atoms with Crippen LogP contribution >= 0.6 is 0 Å². The van der Waals surface area contributed by atoms with Gasteiger partial charge in [-0.1, -0.05) is 0 Å². The zero-order valence-electron chi connectivity index (χ0n) is 25.3. The summed E-state index contributed by atoms with van der Waals surface area (Å²) in [5, 5.41) is 18.6. The molecule has 3 saturated heterocycles. The van der Waals surface area contributed by atoms with Gasteiger partial charge in [-0.25, -0.2) is 15.0 Å². The summed E-state index contributed by atoms with van der Waals surface area (Å²) < 4.78 is 48.5. The number of ether oxygens (including phenoxy) is 1. The Kier molecular flexibility index (Phi) is 7.04. The average molecular weight is 633 g/mol. The molecule has 1 spiro atoms. The van der Waals surface area contributed by atoms with E-state index in [0.717, 1.165) is 87.4 Å². The van der Waals surface area contributed by atoms with E-state index in [1.165, 1.54) is 12.4 Å². The van der Waals surface area contributed by atoms with Crippen LogP contribution in [0.15, 0.2) is 43.1 Å². The first-order valence-corrected chi connectivity index (χ1v) is 15.8. The van der Waals surface area contributed by atoms with E-state index in [0.29, 0.717) is 24.6 Å². The van der Waals surface area contributed by atoms with Crippen LogP contribution in [-0.4, -0.2) is 91.0 Å². The third-order valence-corrected chi connectivity index (χ3v) is 10.2. The molecule has 4 aliphatic rings. The lowest BCUT2D eigenvalue weighted by atomic mass is 9.69. The number of aromatic amines is 1. The molecular formula is C32H35F3N10O. The third-order valence-electron chi connectivity index (χ3n) is 10.2. The van der Waals surface area contributed by atoms with Gasteiger partial charge in [0.1, 0.15) is 23.5 Å². The summed E-state index contributed by atoms with van der Waals surface area (Å²) in [6, 6.07) is 7.62. The number of aromatic nitrogens is 6. The molecule has 4 fully saturated rings. The Morgan fingerprint density at radius 3 is 2.65 bits per heavy atom.